The minimum Gasteiger partial charge on any atom is -0.366 e. The first-order valence-corrected chi connectivity index (χ1v) is 12.0. The van der Waals surface area contributed by atoms with Gasteiger partial charge < -0.3 is 5.73 Å². The Labute approximate surface area is 199 Å². The molecule has 2 aromatic heterocycles. The van der Waals surface area contributed by atoms with Gasteiger partial charge in [0.1, 0.15) is 5.65 Å². The number of amides is 1. The van der Waals surface area contributed by atoms with E-state index in [0.29, 0.717) is 23.1 Å². The van der Waals surface area contributed by atoms with Crippen LogP contribution in [0.3, 0.4) is 0 Å². The molecule has 0 aliphatic heterocycles. The lowest BCUT2D eigenvalue weighted by Crippen LogP contribution is -2.22. The zero-order chi connectivity index (χ0) is 25.5. The van der Waals surface area contributed by atoms with Gasteiger partial charge in [0.05, 0.1) is 22.1 Å². The highest BCUT2D eigenvalue weighted by molar-refractivity contribution is 7.93. The van der Waals surface area contributed by atoms with E-state index >= 15 is 0 Å². The lowest BCUT2D eigenvalue weighted by Gasteiger charge is -2.14. The minimum atomic E-state index is -4.67. The summed E-state index contributed by atoms with van der Waals surface area (Å²) in [6.07, 6.45) is -3.96. The summed E-state index contributed by atoms with van der Waals surface area (Å²) in [5, 5.41) is -0.700. The summed E-state index contributed by atoms with van der Waals surface area (Å²) in [5.74, 6) is -0.926. The first-order valence-electron chi connectivity index (χ1n) is 10.5. The van der Waals surface area contributed by atoms with Gasteiger partial charge in [-0.1, -0.05) is 30.3 Å². The number of alkyl halides is 3. The van der Waals surface area contributed by atoms with Gasteiger partial charge >= 0.3 is 6.18 Å². The van der Waals surface area contributed by atoms with Gasteiger partial charge in [-0.05, 0) is 49.7 Å². The highest BCUT2D eigenvalue weighted by Gasteiger charge is 2.33. The summed E-state index contributed by atoms with van der Waals surface area (Å²) in [6.45, 7) is 3.08. The molecular weight excluding hydrogens is 481 g/mol. The maximum atomic E-state index is 13.4. The smallest absolute Gasteiger partial charge is 0.366 e. The fraction of sp³-hybridized carbons (Fsp3) is 0.167. The molecule has 2 heterocycles. The molecule has 0 atom stereocenters. The first-order chi connectivity index (χ1) is 16.4. The van der Waals surface area contributed by atoms with Crippen molar-refractivity contribution < 1.29 is 26.4 Å². The Bertz CT molecular complexity index is 1510. The maximum absolute atomic E-state index is 13.4. The highest BCUT2D eigenvalue weighted by Crippen LogP contribution is 2.38. The number of para-hydroxylation sites is 1. The fourth-order valence-electron chi connectivity index (χ4n) is 3.65. The fourth-order valence-corrected chi connectivity index (χ4v) is 4.35. The third-order valence-electron chi connectivity index (χ3n) is 5.44. The molecule has 4 rings (SSSR count). The van der Waals surface area contributed by atoms with Crippen LogP contribution >= 0.6 is 0 Å². The van der Waals surface area contributed by atoms with Crippen LogP contribution in [0.25, 0.3) is 28.0 Å². The van der Waals surface area contributed by atoms with Gasteiger partial charge in [0.2, 0.25) is 10.0 Å². The van der Waals surface area contributed by atoms with E-state index in [1.807, 2.05) is 0 Å². The highest BCUT2D eigenvalue weighted by atomic mass is 32.2. The molecule has 3 N–H and O–H groups in total. The number of nitrogens with two attached hydrogens (primary N) is 1. The van der Waals surface area contributed by atoms with E-state index in [0.717, 1.165) is 6.07 Å². The second-order valence-electron chi connectivity index (χ2n) is 8.12. The number of primary amides is 1. The summed E-state index contributed by atoms with van der Waals surface area (Å²) >= 11 is 0. The van der Waals surface area contributed by atoms with Crippen LogP contribution in [0.2, 0.25) is 0 Å². The summed E-state index contributed by atoms with van der Waals surface area (Å²) in [7, 11) is -3.59. The van der Waals surface area contributed by atoms with Crippen LogP contribution in [-0.4, -0.2) is 29.1 Å². The van der Waals surface area contributed by atoms with Crippen LogP contribution in [0.1, 0.15) is 29.8 Å². The van der Waals surface area contributed by atoms with Crippen LogP contribution in [0, 0.1) is 0 Å². The molecule has 35 heavy (non-hydrogen) atoms. The van der Waals surface area contributed by atoms with E-state index < -0.39 is 32.9 Å². The summed E-state index contributed by atoms with van der Waals surface area (Å²) in [6, 6.07) is 15.7. The molecule has 0 bridgehead atoms. The summed E-state index contributed by atoms with van der Waals surface area (Å²) < 4.78 is 68.7. The largest absolute Gasteiger partial charge is 0.417 e. The van der Waals surface area contributed by atoms with Gasteiger partial charge in [-0.3, -0.25) is 14.1 Å². The molecule has 0 radical (unpaired) electrons. The SMILES string of the molecule is CC(C)S(=O)(=O)Nc1ccc(-c2c(C(N)=O)c3cc(C(F)(F)F)cnc3n2-c2ccccc2)cc1. The number of anilines is 1. The normalized spacial score (nSPS) is 12.3. The molecule has 0 aliphatic carbocycles. The molecule has 0 spiro atoms. The third-order valence-corrected chi connectivity index (χ3v) is 7.20. The second-order valence-corrected chi connectivity index (χ2v) is 10.4. The lowest BCUT2D eigenvalue weighted by molar-refractivity contribution is -0.137. The van der Waals surface area contributed by atoms with Crippen molar-refractivity contribution in [3.05, 3.63) is 78.0 Å². The molecule has 7 nitrogen and oxygen atoms in total. The van der Waals surface area contributed by atoms with Crippen LogP contribution in [0.5, 0.6) is 0 Å². The number of nitrogens with one attached hydrogen (secondary N) is 1. The number of rotatable bonds is 6. The van der Waals surface area contributed by atoms with E-state index in [2.05, 4.69) is 9.71 Å². The standard InChI is InChI=1S/C24H21F3N4O3S/c1-14(2)35(33,34)30-17-10-8-15(9-11-17)21-20(22(28)32)19-12-16(24(25,26)27)13-29-23(19)31(21)18-6-4-3-5-7-18/h3-14,30H,1-2H3,(H2,28,32). The van der Waals surface area contributed by atoms with Gasteiger partial charge in [-0.15, -0.1) is 0 Å². The Balaban J connectivity index is 1.99. The summed E-state index contributed by atoms with van der Waals surface area (Å²) in [5.41, 5.74) is 6.17. The molecule has 4 aromatic rings. The third kappa shape index (κ3) is 4.59. The predicted molar refractivity (Wildman–Crippen MR) is 128 cm³/mol. The molecule has 182 valence electrons. The Morgan fingerprint density at radius 1 is 1.06 bits per heavy atom. The van der Waals surface area contributed by atoms with E-state index in [4.69, 9.17) is 5.73 Å². The Hall–Kier alpha value is -3.86. The number of pyridine rings is 1. The van der Waals surface area contributed by atoms with Gasteiger partial charge in [0.25, 0.3) is 5.91 Å². The number of benzene rings is 2. The Kier molecular flexibility index (Phi) is 6.05. The number of hydrogen-bond donors (Lipinski definition) is 2. The van der Waals surface area contributed by atoms with Crippen molar-refractivity contribution in [1.82, 2.24) is 9.55 Å². The quantitative estimate of drug-likeness (QED) is 0.389. The van der Waals surface area contributed by atoms with Gasteiger partial charge in [0.15, 0.2) is 0 Å². The number of fused-ring (bicyclic) bond motifs is 1. The number of aromatic nitrogens is 2. The van der Waals surface area contributed by atoms with E-state index in [1.54, 1.807) is 47.0 Å². The van der Waals surface area contributed by atoms with Gasteiger partial charge in [0, 0.05) is 23.0 Å². The number of carbonyl (C=O) groups is 1. The monoisotopic (exact) mass is 502 g/mol. The zero-order valence-electron chi connectivity index (χ0n) is 18.7. The predicted octanol–water partition coefficient (Wildman–Crippen LogP) is 4.96. The molecule has 0 unspecified atom stereocenters. The van der Waals surface area contributed by atoms with Crippen molar-refractivity contribution in [3.8, 4) is 16.9 Å². The molecule has 0 saturated carbocycles. The van der Waals surface area contributed by atoms with Crippen molar-refractivity contribution in [2.45, 2.75) is 25.3 Å². The maximum Gasteiger partial charge on any atom is 0.417 e. The Morgan fingerprint density at radius 2 is 1.69 bits per heavy atom. The van der Waals surface area contributed by atoms with Crippen molar-refractivity contribution in [3.63, 3.8) is 0 Å². The van der Waals surface area contributed by atoms with Crippen molar-refractivity contribution in [2.24, 2.45) is 5.73 Å². The van der Waals surface area contributed by atoms with E-state index in [9.17, 15) is 26.4 Å². The van der Waals surface area contributed by atoms with E-state index in [1.165, 1.54) is 26.0 Å². The number of hydrogen-bond acceptors (Lipinski definition) is 4. The van der Waals surface area contributed by atoms with Crippen LogP contribution in [0.4, 0.5) is 18.9 Å². The van der Waals surface area contributed by atoms with Crippen LogP contribution in [-0.2, 0) is 16.2 Å². The van der Waals surface area contributed by atoms with Crippen molar-refractivity contribution in [1.29, 1.82) is 0 Å². The van der Waals surface area contributed by atoms with Gasteiger partial charge in [-0.25, -0.2) is 13.4 Å². The molecule has 11 heteroatoms. The van der Waals surface area contributed by atoms with E-state index in [-0.39, 0.29) is 22.3 Å². The first kappa shape index (κ1) is 24.3. The number of halogens is 3. The zero-order valence-corrected chi connectivity index (χ0v) is 19.5. The topological polar surface area (TPSA) is 107 Å². The van der Waals surface area contributed by atoms with Crippen LogP contribution in [0.15, 0.2) is 66.9 Å². The van der Waals surface area contributed by atoms with Crippen molar-refractivity contribution >= 4 is 32.7 Å². The van der Waals surface area contributed by atoms with Crippen LogP contribution < -0.4 is 10.5 Å². The van der Waals surface area contributed by atoms with Gasteiger partial charge in [-0.2, -0.15) is 13.2 Å². The lowest BCUT2D eigenvalue weighted by atomic mass is 10.0. The molecule has 0 aliphatic rings. The van der Waals surface area contributed by atoms with Crippen molar-refractivity contribution in [2.75, 3.05) is 4.72 Å². The summed E-state index contributed by atoms with van der Waals surface area (Å²) in [4.78, 5) is 16.6. The number of nitrogens with zero attached hydrogens (tertiary/aromatic N) is 2. The molecule has 1 amide bonds. The molecular formula is C24H21F3N4O3S. The molecule has 2 aromatic carbocycles. The average molecular weight is 503 g/mol. The Morgan fingerprint density at radius 3 is 2.23 bits per heavy atom. The average Bonchev–Trinajstić information content (AvgIpc) is 3.14. The molecule has 0 fully saturated rings. The number of sulfonamides is 1. The molecule has 0 saturated heterocycles. The minimum absolute atomic E-state index is 0.0456. The second kappa shape index (κ2) is 8.73. The number of carbonyl (C=O) groups excluding carboxylic acids is 1.